The van der Waals surface area contributed by atoms with E-state index in [0.717, 1.165) is 10.2 Å². The number of benzene rings is 1. The molecule has 0 bridgehead atoms. The van der Waals surface area contributed by atoms with Crippen molar-refractivity contribution in [3.05, 3.63) is 46.2 Å². The van der Waals surface area contributed by atoms with Crippen molar-refractivity contribution in [3.63, 3.8) is 0 Å². The van der Waals surface area contributed by atoms with Crippen LogP contribution in [-0.2, 0) is 6.54 Å². The lowest BCUT2D eigenvalue weighted by Gasteiger charge is -1.99. The molecule has 0 radical (unpaired) electrons. The molecule has 0 fully saturated rings. The Morgan fingerprint density at radius 1 is 1.33 bits per heavy atom. The van der Waals surface area contributed by atoms with Crippen molar-refractivity contribution in [1.29, 1.82) is 5.26 Å². The molecule has 2 rings (SSSR count). The van der Waals surface area contributed by atoms with E-state index < -0.39 is 0 Å². The van der Waals surface area contributed by atoms with Crippen LogP contribution in [0.4, 0.5) is 0 Å². The smallest absolute Gasteiger partial charge is 0.148 e. The van der Waals surface area contributed by atoms with E-state index in [1.165, 1.54) is 0 Å². The molecule has 0 N–H and O–H groups in total. The molecule has 5 heteroatoms. The molecule has 0 aliphatic carbocycles. The van der Waals surface area contributed by atoms with Crippen molar-refractivity contribution >= 4 is 15.9 Å². The Bertz CT molecular complexity index is 495. The number of nitriles is 1. The molecule has 1 aromatic carbocycles. The Balaban J connectivity index is 2.15. The van der Waals surface area contributed by atoms with Crippen LogP contribution < -0.4 is 0 Å². The van der Waals surface area contributed by atoms with Gasteiger partial charge in [0.1, 0.15) is 4.60 Å². The van der Waals surface area contributed by atoms with Crippen LogP contribution in [0.3, 0.4) is 0 Å². The first-order chi connectivity index (χ1) is 7.28. The first kappa shape index (κ1) is 9.87. The zero-order valence-electron chi connectivity index (χ0n) is 7.76. The third-order valence-electron chi connectivity index (χ3n) is 1.92. The minimum atomic E-state index is 0.608. The van der Waals surface area contributed by atoms with Crippen LogP contribution in [0, 0.1) is 11.3 Å². The number of hydrogen-bond acceptors (Lipinski definition) is 3. The topological polar surface area (TPSA) is 54.5 Å². The Labute approximate surface area is 95.3 Å². The van der Waals surface area contributed by atoms with E-state index in [-0.39, 0.29) is 0 Å². The molecule has 1 heterocycles. The second-order valence-corrected chi connectivity index (χ2v) is 3.82. The van der Waals surface area contributed by atoms with Gasteiger partial charge in [0.25, 0.3) is 0 Å². The molecule has 0 aliphatic heterocycles. The predicted molar refractivity (Wildman–Crippen MR) is 58.0 cm³/mol. The minimum Gasteiger partial charge on any atom is -0.192 e. The van der Waals surface area contributed by atoms with Crippen molar-refractivity contribution in [3.8, 4) is 6.07 Å². The van der Waals surface area contributed by atoms with Crippen LogP contribution in [0.2, 0.25) is 0 Å². The molecule has 0 aliphatic rings. The molecule has 0 saturated carbocycles. The molecule has 0 amide bonds. The van der Waals surface area contributed by atoms with Gasteiger partial charge in [0.05, 0.1) is 24.4 Å². The summed E-state index contributed by atoms with van der Waals surface area (Å²) in [5.41, 5.74) is 1.73. The van der Waals surface area contributed by atoms with Gasteiger partial charge < -0.3 is 0 Å². The van der Waals surface area contributed by atoms with Gasteiger partial charge in [-0.15, -0.1) is 5.10 Å². The number of aromatic nitrogens is 3. The normalized spacial score (nSPS) is 9.87. The fraction of sp³-hybridized carbons (Fsp3) is 0.100. The van der Waals surface area contributed by atoms with E-state index in [2.05, 4.69) is 32.2 Å². The summed E-state index contributed by atoms with van der Waals surface area (Å²) in [6.07, 6.45) is 1.64. The number of nitrogens with zero attached hydrogens (tertiary/aromatic N) is 4. The molecule has 15 heavy (non-hydrogen) atoms. The molecule has 4 nitrogen and oxygen atoms in total. The van der Waals surface area contributed by atoms with Crippen LogP contribution in [0.25, 0.3) is 0 Å². The zero-order chi connectivity index (χ0) is 10.7. The van der Waals surface area contributed by atoms with Gasteiger partial charge in [-0.3, -0.25) is 0 Å². The van der Waals surface area contributed by atoms with Crippen LogP contribution >= 0.6 is 15.9 Å². The number of halogens is 1. The van der Waals surface area contributed by atoms with Gasteiger partial charge in [-0.05, 0) is 33.6 Å². The Morgan fingerprint density at radius 3 is 2.60 bits per heavy atom. The molecule has 2 aromatic rings. The van der Waals surface area contributed by atoms with Crippen molar-refractivity contribution in [2.45, 2.75) is 6.54 Å². The standard InChI is InChI=1S/C10H7BrN4/c11-10-6-13-15(14-10)7-9-3-1-8(5-12)2-4-9/h1-4,6H,7H2. The second kappa shape index (κ2) is 4.24. The van der Waals surface area contributed by atoms with Gasteiger partial charge >= 0.3 is 0 Å². The van der Waals surface area contributed by atoms with E-state index in [0.29, 0.717) is 12.1 Å². The quantitative estimate of drug-likeness (QED) is 0.832. The maximum Gasteiger partial charge on any atom is 0.148 e. The Morgan fingerprint density at radius 2 is 2.07 bits per heavy atom. The summed E-state index contributed by atoms with van der Waals surface area (Å²) in [4.78, 5) is 1.59. The van der Waals surface area contributed by atoms with E-state index in [9.17, 15) is 0 Å². The monoisotopic (exact) mass is 262 g/mol. The predicted octanol–water partition coefficient (Wildman–Crippen LogP) is 1.96. The van der Waals surface area contributed by atoms with Gasteiger partial charge in [0.2, 0.25) is 0 Å². The zero-order valence-corrected chi connectivity index (χ0v) is 9.35. The Hall–Kier alpha value is -1.67. The summed E-state index contributed by atoms with van der Waals surface area (Å²) in [7, 11) is 0. The van der Waals surface area contributed by atoms with Crippen LogP contribution in [-0.4, -0.2) is 15.0 Å². The number of hydrogen-bond donors (Lipinski definition) is 0. The molecule has 1 aromatic heterocycles. The van der Waals surface area contributed by atoms with Gasteiger partial charge in [0.15, 0.2) is 0 Å². The summed E-state index contributed by atoms with van der Waals surface area (Å²) in [6, 6.07) is 9.45. The molecule has 0 atom stereocenters. The number of rotatable bonds is 2. The van der Waals surface area contributed by atoms with Gasteiger partial charge in [-0.1, -0.05) is 12.1 Å². The molecular formula is C10H7BrN4. The summed E-state index contributed by atoms with van der Waals surface area (Å²) < 4.78 is 0.719. The lowest BCUT2D eigenvalue weighted by molar-refractivity contribution is 0.588. The molecular weight excluding hydrogens is 256 g/mol. The first-order valence-corrected chi connectivity index (χ1v) is 5.12. The van der Waals surface area contributed by atoms with Gasteiger partial charge in [0, 0.05) is 0 Å². The average molecular weight is 263 g/mol. The SMILES string of the molecule is N#Cc1ccc(Cn2ncc(Br)n2)cc1. The van der Waals surface area contributed by atoms with Crippen molar-refractivity contribution in [1.82, 2.24) is 15.0 Å². The van der Waals surface area contributed by atoms with E-state index >= 15 is 0 Å². The van der Waals surface area contributed by atoms with Crippen LogP contribution in [0.1, 0.15) is 11.1 Å². The average Bonchev–Trinajstić information content (AvgIpc) is 2.65. The largest absolute Gasteiger partial charge is 0.192 e. The van der Waals surface area contributed by atoms with Crippen molar-refractivity contribution in [2.75, 3.05) is 0 Å². The fourth-order valence-electron chi connectivity index (χ4n) is 1.20. The molecule has 0 spiro atoms. The summed E-state index contributed by atoms with van der Waals surface area (Å²) in [5.74, 6) is 0. The fourth-order valence-corrected chi connectivity index (χ4v) is 1.48. The third-order valence-corrected chi connectivity index (χ3v) is 2.28. The highest BCUT2D eigenvalue weighted by molar-refractivity contribution is 9.10. The van der Waals surface area contributed by atoms with E-state index in [1.54, 1.807) is 23.1 Å². The third kappa shape index (κ3) is 2.42. The maximum absolute atomic E-state index is 8.64. The minimum absolute atomic E-state index is 0.608. The van der Waals surface area contributed by atoms with Crippen molar-refractivity contribution < 1.29 is 0 Å². The van der Waals surface area contributed by atoms with Crippen LogP contribution in [0.5, 0.6) is 0 Å². The highest BCUT2D eigenvalue weighted by atomic mass is 79.9. The highest BCUT2D eigenvalue weighted by Gasteiger charge is 1.98. The lowest BCUT2D eigenvalue weighted by Crippen LogP contribution is -2.03. The second-order valence-electron chi connectivity index (χ2n) is 3.01. The van der Waals surface area contributed by atoms with Gasteiger partial charge in [-0.25, -0.2) is 0 Å². The molecule has 0 saturated heterocycles. The Kier molecular flexibility index (Phi) is 2.79. The molecule has 74 valence electrons. The van der Waals surface area contributed by atoms with E-state index in [4.69, 9.17) is 5.26 Å². The maximum atomic E-state index is 8.64. The summed E-state index contributed by atoms with van der Waals surface area (Å²) in [5, 5.41) is 16.8. The van der Waals surface area contributed by atoms with Crippen molar-refractivity contribution in [2.24, 2.45) is 0 Å². The molecule has 0 unspecified atom stereocenters. The highest BCUT2D eigenvalue weighted by Crippen LogP contribution is 2.06. The van der Waals surface area contributed by atoms with E-state index in [1.807, 2.05) is 12.1 Å². The first-order valence-electron chi connectivity index (χ1n) is 4.32. The summed E-state index contributed by atoms with van der Waals surface area (Å²) >= 11 is 3.23. The lowest BCUT2D eigenvalue weighted by atomic mass is 10.1. The van der Waals surface area contributed by atoms with Crippen LogP contribution in [0.15, 0.2) is 35.1 Å². The summed E-state index contributed by atoms with van der Waals surface area (Å²) in [6.45, 7) is 0.608. The van der Waals surface area contributed by atoms with Gasteiger partial charge in [-0.2, -0.15) is 15.2 Å².